The zero-order valence-corrected chi connectivity index (χ0v) is 19.9. The molecule has 0 spiro atoms. The molecule has 34 heavy (non-hydrogen) atoms. The maximum absolute atomic E-state index is 2.34. The third-order valence-electron chi connectivity index (χ3n) is 5.68. The minimum absolute atomic E-state index is 0.998. The molecule has 168 valence electrons. The van der Waals surface area contributed by atoms with Gasteiger partial charge in [-0.1, -0.05) is 126 Å². The minimum atomic E-state index is 0.998. The molecule has 0 fully saturated rings. The third-order valence-corrected chi connectivity index (χ3v) is 5.68. The number of para-hydroxylation sites is 2. The van der Waals surface area contributed by atoms with Gasteiger partial charge in [0.05, 0.1) is 11.2 Å². The van der Waals surface area contributed by atoms with E-state index in [4.69, 9.17) is 0 Å². The molecule has 4 aromatic carbocycles. The topological polar surface area (TPSA) is 4.93 Å². The molecule has 5 aromatic rings. The Hall–Kier alpha value is -4.10. The van der Waals surface area contributed by atoms with Gasteiger partial charge in [-0.05, 0) is 44.5 Å². The monoisotopic (exact) mass is 441 g/mol. The number of aromatic nitrogens is 1. The molecule has 0 saturated carbocycles. The lowest BCUT2D eigenvalue weighted by atomic mass is 10.1. The van der Waals surface area contributed by atoms with Crippen molar-refractivity contribution < 1.29 is 0 Å². The Morgan fingerprint density at radius 2 is 1.03 bits per heavy atom. The summed E-state index contributed by atoms with van der Waals surface area (Å²) in [5.41, 5.74) is 7.71. The first-order valence-electron chi connectivity index (χ1n) is 11.8. The highest BCUT2D eigenvalue weighted by Crippen LogP contribution is 2.32. The Labute approximate surface area is 203 Å². The average Bonchev–Trinajstić information content (AvgIpc) is 3.01. The third kappa shape index (κ3) is 5.82. The van der Waals surface area contributed by atoms with Crippen LogP contribution in [0.4, 0.5) is 0 Å². The summed E-state index contributed by atoms with van der Waals surface area (Å²) in [6.07, 6.45) is 9.93. The number of allylic oxidation sites excluding steroid dienone is 2. The molecule has 0 amide bonds. The Balaban J connectivity index is 0.000000160. The second-order valence-electron chi connectivity index (χ2n) is 8.34. The molecule has 0 bridgehead atoms. The van der Waals surface area contributed by atoms with Crippen LogP contribution in [-0.2, 0) is 0 Å². The van der Waals surface area contributed by atoms with Crippen LogP contribution in [-0.4, -0.2) is 4.57 Å². The fourth-order valence-electron chi connectivity index (χ4n) is 3.99. The summed E-state index contributed by atoms with van der Waals surface area (Å²) < 4.78 is 2.34. The molecule has 1 aromatic heterocycles. The van der Waals surface area contributed by atoms with Crippen LogP contribution in [0.3, 0.4) is 0 Å². The van der Waals surface area contributed by atoms with Gasteiger partial charge in [0.15, 0.2) is 0 Å². The average molecular weight is 442 g/mol. The maximum Gasteiger partial charge on any atom is 0.0541 e. The molecule has 1 nitrogen and oxygen atoms in total. The van der Waals surface area contributed by atoms with Gasteiger partial charge in [-0.25, -0.2) is 0 Å². The highest BCUT2D eigenvalue weighted by atomic mass is 15.0. The molecule has 0 radical (unpaired) electrons. The number of rotatable bonds is 1. The highest BCUT2D eigenvalue weighted by molar-refractivity contribution is 5.95. The van der Waals surface area contributed by atoms with Crippen LogP contribution in [0, 0.1) is 13.8 Å². The van der Waals surface area contributed by atoms with E-state index in [0.717, 1.165) is 6.42 Å². The summed E-state index contributed by atoms with van der Waals surface area (Å²) in [5, 5.41) is 1.31. The van der Waals surface area contributed by atoms with Crippen LogP contribution in [0.1, 0.15) is 28.8 Å². The van der Waals surface area contributed by atoms with Crippen molar-refractivity contribution in [2.24, 2.45) is 0 Å². The molecule has 1 aliphatic carbocycles. The first-order valence-corrected chi connectivity index (χ1v) is 11.8. The fraction of sp³-hybridized carbons (Fsp3) is 0.0909. The number of hydrogen-bond acceptors (Lipinski definition) is 0. The lowest BCUT2D eigenvalue weighted by Crippen LogP contribution is -1.96. The minimum Gasteiger partial charge on any atom is -0.309 e. The van der Waals surface area contributed by atoms with Crippen molar-refractivity contribution in [3.8, 4) is 5.69 Å². The zero-order chi connectivity index (χ0) is 23.6. The molecule has 0 aliphatic heterocycles. The molecule has 1 heterocycles. The van der Waals surface area contributed by atoms with Crippen molar-refractivity contribution >= 4 is 23.1 Å². The molecule has 1 heteroatoms. The van der Waals surface area contributed by atoms with Crippen LogP contribution < -0.4 is 0 Å². The van der Waals surface area contributed by atoms with Gasteiger partial charge in [-0.15, -0.1) is 0 Å². The van der Waals surface area contributed by atoms with E-state index in [1.807, 2.05) is 36.4 Å². The van der Waals surface area contributed by atoms with E-state index in [-0.39, 0.29) is 0 Å². The van der Waals surface area contributed by atoms with Gasteiger partial charge in [0.25, 0.3) is 0 Å². The van der Waals surface area contributed by atoms with Crippen molar-refractivity contribution in [3.05, 3.63) is 150 Å². The number of nitrogens with zero attached hydrogens (tertiary/aromatic N) is 1. The Bertz CT molecular complexity index is 1320. The van der Waals surface area contributed by atoms with Crippen LogP contribution in [0.25, 0.3) is 28.7 Å². The van der Waals surface area contributed by atoms with Gasteiger partial charge >= 0.3 is 0 Å². The standard InChI is InChI=1S/C19H15N.2C7H8/c1-3-9-15(10-4-1)20-18-13-6-2-5-11-16(18)17-12-7-8-14-19(17)20;2*1-7-5-3-2-4-6-7/h1,3-14H,2H2;2*2-6H,1H3. The Morgan fingerprint density at radius 1 is 0.529 bits per heavy atom. The second kappa shape index (κ2) is 11.7. The predicted molar refractivity (Wildman–Crippen MR) is 148 cm³/mol. The van der Waals surface area contributed by atoms with E-state index in [1.165, 1.54) is 39.0 Å². The first-order chi connectivity index (χ1) is 16.7. The normalized spacial score (nSPS) is 11.5. The van der Waals surface area contributed by atoms with Gasteiger partial charge in [-0.2, -0.15) is 0 Å². The van der Waals surface area contributed by atoms with Crippen molar-refractivity contribution in [1.29, 1.82) is 0 Å². The number of fused-ring (bicyclic) bond motifs is 3. The van der Waals surface area contributed by atoms with Gasteiger partial charge < -0.3 is 4.57 Å². The molecule has 0 unspecified atom stereocenters. The Kier molecular flexibility index (Phi) is 7.92. The number of benzene rings is 4. The quantitative estimate of drug-likeness (QED) is 0.244. The summed E-state index contributed by atoms with van der Waals surface area (Å²) in [6.45, 7) is 4.17. The number of aryl methyl sites for hydroxylation is 2. The molecular formula is C33H31N. The fourth-order valence-corrected chi connectivity index (χ4v) is 3.99. The highest BCUT2D eigenvalue weighted by Gasteiger charge is 2.14. The largest absolute Gasteiger partial charge is 0.309 e. The van der Waals surface area contributed by atoms with Crippen molar-refractivity contribution in [2.45, 2.75) is 20.3 Å². The predicted octanol–water partition coefficient (Wildman–Crippen LogP) is 9.05. The van der Waals surface area contributed by atoms with Gasteiger partial charge in [0.1, 0.15) is 0 Å². The smallest absolute Gasteiger partial charge is 0.0541 e. The van der Waals surface area contributed by atoms with Crippen LogP contribution in [0.2, 0.25) is 0 Å². The lowest BCUT2D eigenvalue weighted by molar-refractivity contribution is 1.10. The maximum atomic E-state index is 2.34. The molecule has 0 saturated heterocycles. The molecule has 0 atom stereocenters. The van der Waals surface area contributed by atoms with E-state index in [2.05, 4.69) is 122 Å². The summed E-state index contributed by atoms with van der Waals surface area (Å²) in [7, 11) is 0. The Morgan fingerprint density at radius 3 is 1.59 bits per heavy atom. The van der Waals surface area contributed by atoms with E-state index in [1.54, 1.807) is 0 Å². The SMILES string of the molecule is C1=Cc2c(n(-c3ccccc3)c3ccccc23)C=CC1.Cc1ccccc1.Cc1ccccc1. The second-order valence-corrected chi connectivity index (χ2v) is 8.34. The van der Waals surface area contributed by atoms with E-state index in [0.29, 0.717) is 0 Å². The van der Waals surface area contributed by atoms with Crippen molar-refractivity contribution in [1.82, 2.24) is 4.57 Å². The van der Waals surface area contributed by atoms with Crippen molar-refractivity contribution in [2.75, 3.05) is 0 Å². The summed E-state index contributed by atoms with van der Waals surface area (Å²) >= 11 is 0. The van der Waals surface area contributed by atoms with E-state index >= 15 is 0 Å². The molecule has 1 aliphatic rings. The van der Waals surface area contributed by atoms with E-state index in [9.17, 15) is 0 Å². The van der Waals surface area contributed by atoms with Gasteiger partial charge in [-0.3, -0.25) is 0 Å². The molecule has 6 rings (SSSR count). The van der Waals surface area contributed by atoms with Gasteiger partial charge in [0.2, 0.25) is 0 Å². The van der Waals surface area contributed by atoms with Gasteiger partial charge in [0, 0.05) is 16.6 Å². The van der Waals surface area contributed by atoms with Crippen LogP contribution in [0.15, 0.2) is 127 Å². The summed E-state index contributed by atoms with van der Waals surface area (Å²) in [5.74, 6) is 0. The summed E-state index contributed by atoms with van der Waals surface area (Å²) in [4.78, 5) is 0. The first kappa shape index (κ1) is 23.1. The number of hydrogen-bond donors (Lipinski definition) is 0. The summed E-state index contributed by atoms with van der Waals surface area (Å²) in [6, 6.07) is 39.7. The van der Waals surface area contributed by atoms with Crippen LogP contribution >= 0.6 is 0 Å². The molecular weight excluding hydrogens is 410 g/mol. The molecule has 0 N–H and O–H groups in total. The van der Waals surface area contributed by atoms with Crippen LogP contribution in [0.5, 0.6) is 0 Å². The zero-order valence-electron chi connectivity index (χ0n) is 19.9. The lowest BCUT2D eigenvalue weighted by Gasteiger charge is -2.08. The van der Waals surface area contributed by atoms with Crippen molar-refractivity contribution in [3.63, 3.8) is 0 Å². The van der Waals surface area contributed by atoms with E-state index < -0.39 is 0 Å².